The van der Waals surface area contributed by atoms with E-state index in [4.69, 9.17) is 4.42 Å². The molecule has 0 atom stereocenters. The third kappa shape index (κ3) is 4.60. The summed E-state index contributed by atoms with van der Waals surface area (Å²) in [7, 11) is 0. The molecule has 4 aromatic heterocycles. The van der Waals surface area contributed by atoms with Crippen LogP contribution in [0.25, 0.3) is 109 Å². The first-order valence-electron chi connectivity index (χ1n) is 18.7. The van der Waals surface area contributed by atoms with Gasteiger partial charge in [-0.2, -0.15) is 0 Å². The van der Waals surface area contributed by atoms with Crippen molar-refractivity contribution < 1.29 is 4.42 Å². The first kappa shape index (κ1) is 31.1. The zero-order valence-electron chi connectivity index (χ0n) is 29.9. The number of fused-ring (bicyclic) bond motifs is 9. The quantitative estimate of drug-likeness (QED) is 0.177. The van der Waals surface area contributed by atoms with Gasteiger partial charge < -0.3 is 13.6 Å². The molecule has 4 heterocycles. The second kappa shape index (κ2) is 12.1. The van der Waals surface area contributed by atoms with Crippen LogP contribution in [-0.4, -0.2) is 19.3 Å². The molecule has 0 aliphatic rings. The molecule has 0 bridgehead atoms. The molecule has 0 fully saturated rings. The van der Waals surface area contributed by atoms with E-state index in [1.54, 1.807) is 0 Å². The van der Waals surface area contributed by atoms with E-state index in [2.05, 4.69) is 165 Å². The monoisotopic (exact) mass is 734 g/mol. The van der Waals surface area contributed by atoms with Crippen LogP contribution in [0.4, 0.5) is 0 Å². The summed E-state index contributed by atoms with van der Waals surface area (Å²) in [5.74, 6) is 0.987. The van der Waals surface area contributed by atoms with Gasteiger partial charge in [0.15, 0.2) is 0 Å². The molecule has 0 saturated heterocycles. The average molecular weight is 735 g/mol. The molecule has 0 N–H and O–H groups in total. The molecule has 56 heavy (non-hydrogen) atoms. The molecule has 0 amide bonds. The minimum atomic E-state index is 0.486. The Kier molecular flexibility index (Phi) is 6.73. The van der Waals surface area contributed by atoms with Gasteiger partial charge in [0, 0.05) is 64.1 Å². The van der Waals surface area contributed by atoms with E-state index in [0.29, 0.717) is 11.8 Å². The summed E-state index contributed by atoms with van der Waals surface area (Å²) in [5.41, 5.74) is 11.0. The number of aromatic nitrogens is 4. The lowest BCUT2D eigenvalue weighted by Gasteiger charge is -2.16. The smallest absolute Gasteiger partial charge is 0.248 e. The summed E-state index contributed by atoms with van der Waals surface area (Å²) in [6, 6.07) is 64.9. The van der Waals surface area contributed by atoms with E-state index in [1.807, 2.05) is 47.7 Å². The number of nitrogens with zero attached hydrogens (tertiary/aromatic N) is 4. The summed E-state index contributed by atoms with van der Waals surface area (Å²) < 4.78 is 13.6. The van der Waals surface area contributed by atoms with Crippen molar-refractivity contribution in [1.82, 2.24) is 19.3 Å². The van der Waals surface area contributed by atoms with Crippen LogP contribution in [-0.2, 0) is 0 Å². The van der Waals surface area contributed by atoms with Gasteiger partial charge in [-0.15, -0.1) is 21.5 Å². The Morgan fingerprint density at radius 3 is 1.70 bits per heavy atom. The normalized spacial score (nSPS) is 11.9. The molecular formula is C50H30N4OS. The minimum absolute atomic E-state index is 0.486. The van der Waals surface area contributed by atoms with E-state index in [0.717, 1.165) is 39.1 Å². The van der Waals surface area contributed by atoms with Gasteiger partial charge in [-0.25, -0.2) is 0 Å². The van der Waals surface area contributed by atoms with Gasteiger partial charge in [0.1, 0.15) is 0 Å². The van der Waals surface area contributed by atoms with E-state index in [-0.39, 0.29) is 0 Å². The van der Waals surface area contributed by atoms with Crippen molar-refractivity contribution in [1.29, 1.82) is 0 Å². The average Bonchev–Trinajstić information content (AvgIpc) is 4.05. The van der Waals surface area contributed by atoms with Crippen molar-refractivity contribution >= 4 is 75.1 Å². The van der Waals surface area contributed by atoms with Crippen LogP contribution in [0.1, 0.15) is 0 Å². The van der Waals surface area contributed by atoms with Crippen LogP contribution in [0.3, 0.4) is 0 Å². The van der Waals surface area contributed by atoms with E-state index >= 15 is 0 Å². The van der Waals surface area contributed by atoms with Crippen LogP contribution in [0.5, 0.6) is 0 Å². The maximum atomic E-state index is 6.22. The lowest BCUT2D eigenvalue weighted by molar-refractivity contribution is 0.584. The van der Waals surface area contributed by atoms with Crippen LogP contribution in [0.15, 0.2) is 186 Å². The number of hydrogen-bond acceptors (Lipinski definition) is 4. The summed E-state index contributed by atoms with van der Waals surface area (Å²) >= 11 is 1.87. The van der Waals surface area contributed by atoms with Gasteiger partial charge in [0.25, 0.3) is 0 Å². The zero-order valence-corrected chi connectivity index (χ0v) is 30.7. The van der Waals surface area contributed by atoms with Crippen molar-refractivity contribution in [2.75, 3.05) is 0 Å². The van der Waals surface area contributed by atoms with E-state index in [1.165, 1.54) is 58.3 Å². The highest BCUT2D eigenvalue weighted by Crippen LogP contribution is 2.46. The Balaban J connectivity index is 1.12. The number of thiophene rings is 1. The lowest BCUT2D eigenvalue weighted by atomic mass is 9.98. The van der Waals surface area contributed by atoms with Gasteiger partial charge in [0.2, 0.25) is 11.8 Å². The highest BCUT2D eigenvalue weighted by Gasteiger charge is 2.22. The predicted molar refractivity (Wildman–Crippen MR) is 232 cm³/mol. The number of rotatable bonds is 5. The zero-order chi connectivity index (χ0) is 36.7. The SMILES string of the molecule is c1ccc(-c2nnc(-c3cccc(-n4c5ccccc5c5ccc(-c6c(-n7c8ccccc8c8ccccc87)ccc7c6sc6ccccc67)cc54)c3)o2)cc1. The second-order valence-electron chi connectivity index (χ2n) is 14.2. The minimum Gasteiger partial charge on any atom is -0.416 e. The third-order valence-electron chi connectivity index (χ3n) is 11.1. The number of benzene rings is 8. The highest BCUT2D eigenvalue weighted by molar-refractivity contribution is 7.26. The topological polar surface area (TPSA) is 48.8 Å². The maximum Gasteiger partial charge on any atom is 0.248 e. The Morgan fingerprint density at radius 1 is 0.393 bits per heavy atom. The second-order valence-corrected chi connectivity index (χ2v) is 15.3. The Morgan fingerprint density at radius 2 is 0.964 bits per heavy atom. The number of hydrogen-bond donors (Lipinski definition) is 0. The summed E-state index contributed by atoms with van der Waals surface area (Å²) in [5, 5.41) is 16.3. The summed E-state index contributed by atoms with van der Waals surface area (Å²) in [6.07, 6.45) is 0. The van der Waals surface area contributed by atoms with Crippen molar-refractivity contribution in [3.8, 4) is 45.4 Å². The standard InChI is InChI=1S/C50H30N4OS/c1-2-13-31(14-3-1)49-51-52-50(55-49)33-15-12-16-34(29-33)53-41-21-8-4-19-37(41)38-26-25-32(30-45(38)53)47-44(28-27-40-39-20-7-11-24-46(39)56-48(40)47)54-42-22-9-5-17-35(42)36-18-6-10-23-43(36)54/h1-30H. The molecule has 12 rings (SSSR count). The molecule has 0 aliphatic heterocycles. The molecule has 262 valence electrons. The molecule has 8 aromatic carbocycles. The van der Waals surface area contributed by atoms with Crippen LogP contribution < -0.4 is 0 Å². The molecule has 5 nitrogen and oxygen atoms in total. The van der Waals surface area contributed by atoms with Crippen molar-refractivity contribution in [2.24, 2.45) is 0 Å². The Hall–Kier alpha value is -7.28. The Labute approximate surface area is 324 Å². The van der Waals surface area contributed by atoms with Crippen molar-refractivity contribution in [2.45, 2.75) is 0 Å². The first-order chi connectivity index (χ1) is 27.8. The van der Waals surface area contributed by atoms with Crippen LogP contribution in [0.2, 0.25) is 0 Å². The molecule has 0 unspecified atom stereocenters. The lowest BCUT2D eigenvalue weighted by Crippen LogP contribution is -1.98. The fourth-order valence-corrected chi connectivity index (χ4v) is 9.91. The Bertz CT molecular complexity index is 3440. The van der Waals surface area contributed by atoms with Crippen LogP contribution >= 0.6 is 11.3 Å². The highest BCUT2D eigenvalue weighted by atomic mass is 32.1. The van der Waals surface area contributed by atoms with Gasteiger partial charge >= 0.3 is 0 Å². The molecule has 12 aromatic rings. The first-order valence-corrected chi connectivity index (χ1v) is 19.6. The third-order valence-corrected chi connectivity index (χ3v) is 12.3. The molecular weight excluding hydrogens is 705 g/mol. The van der Waals surface area contributed by atoms with Gasteiger partial charge in [-0.05, 0) is 72.3 Å². The maximum absolute atomic E-state index is 6.22. The molecule has 0 saturated carbocycles. The van der Waals surface area contributed by atoms with Gasteiger partial charge in [0.05, 0.1) is 27.8 Å². The molecule has 0 spiro atoms. The fraction of sp³-hybridized carbons (Fsp3) is 0. The molecule has 6 heteroatoms. The van der Waals surface area contributed by atoms with E-state index < -0.39 is 0 Å². The van der Waals surface area contributed by atoms with Crippen LogP contribution in [0, 0.1) is 0 Å². The summed E-state index contributed by atoms with van der Waals surface area (Å²) in [6.45, 7) is 0. The fourth-order valence-electron chi connectivity index (χ4n) is 8.65. The van der Waals surface area contributed by atoms with E-state index in [9.17, 15) is 0 Å². The molecule has 0 aliphatic carbocycles. The predicted octanol–water partition coefficient (Wildman–Crippen LogP) is 13.6. The van der Waals surface area contributed by atoms with Gasteiger partial charge in [-0.3, -0.25) is 0 Å². The largest absolute Gasteiger partial charge is 0.416 e. The van der Waals surface area contributed by atoms with Crippen molar-refractivity contribution in [3.63, 3.8) is 0 Å². The number of para-hydroxylation sites is 3. The summed E-state index contributed by atoms with van der Waals surface area (Å²) in [4.78, 5) is 0. The van der Waals surface area contributed by atoms with Crippen molar-refractivity contribution in [3.05, 3.63) is 182 Å². The molecule has 0 radical (unpaired) electrons. The van der Waals surface area contributed by atoms with Gasteiger partial charge in [-0.1, -0.05) is 115 Å².